The Kier molecular flexibility index (Phi) is 23.9. The maximum Gasteiger partial charge on any atom is 0.454 e. The maximum absolute atomic E-state index is 14.0. The van der Waals surface area contributed by atoms with E-state index in [4.69, 9.17) is 11.5 Å². The Labute approximate surface area is 379 Å². The van der Waals surface area contributed by atoms with Gasteiger partial charge in [-0.25, -0.2) is 0 Å². The monoisotopic (exact) mass is 883 g/mol. The van der Waals surface area contributed by atoms with Gasteiger partial charge >= 0.3 is 7.12 Å². The molecule has 2 amide bonds. The minimum absolute atomic E-state index is 0.0246. The van der Waals surface area contributed by atoms with Crippen molar-refractivity contribution in [2.24, 2.45) is 23.3 Å². The molecule has 3 rings (SSSR count). The number of phenolic OH excluding ortho intramolecular Hbond substituents is 1. The third-order valence-corrected chi connectivity index (χ3v) is 11.7. The van der Waals surface area contributed by atoms with E-state index in [2.05, 4.69) is 41.8 Å². The molecule has 64 heavy (non-hydrogen) atoms. The molecule has 3 aromatic rings. The summed E-state index contributed by atoms with van der Waals surface area (Å²) in [5, 5.41) is 34.5. The summed E-state index contributed by atoms with van der Waals surface area (Å²) in [6.07, 6.45) is 6.49. The summed E-state index contributed by atoms with van der Waals surface area (Å²) in [7, 11) is -1.70. The van der Waals surface area contributed by atoms with Gasteiger partial charge in [0.1, 0.15) is 11.5 Å². The lowest BCUT2D eigenvalue weighted by Crippen LogP contribution is -2.47. The molecule has 0 bridgehead atoms. The smallest absolute Gasteiger partial charge is 0.454 e. The number of carbonyl (C=O) groups excluding carboxylic acids is 6. The molecule has 0 aliphatic carbocycles. The Morgan fingerprint density at radius 3 is 1.78 bits per heavy atom. The van der Waals surface area contributed by atoms with Gasteiger partial charge in [0.25, 0.3) is 0 Å². The van der Waals surface area contributed by atoms with Crippen molar-refractivity contribution in [3.63, 3.8) is 0 Å². The molecule has 3 aromatic carbocycles. The summed E-state index contributed by atoms with van der Waals surface area (Å²) in [5.41, 5.74) is 16.0. The van der Waals surface area contributed by atoms with E-state index in [0.717, 1.165) is 30.4 Å². The fourth-order valence-corrected chi connectivity index (χ4v) is 7.55. The molecule has 0 heterocycles. The highest BCUT2D eigenvalue weighted by atomic mass is 16.4. The first-order valence-electron chi connectivity index (χ1n) is 23.1. The highest BCUT2D eigenvalue weighted by Crippen LogP contribution is 2.23. The van der Waals surface area contributed by atoms with Crippen LogP contribution >= 0.6 is 0 Å². The molecule has 5 atom stereocenters. The molecule has 0 saturated carbocycles. The van der Waals surface area contributed by atoms with Crippen LogP contribution in [-0.2, 0) is 36.8 Å². The molecule has 0 spiro atoms. The summed E-state index contributed by atoms with van der Waals surface area (Å²) in [4.78, 5) is 81.0. The van der Waals surface area contributed by atoms with Crippen LogP contribution in [0.3, 0.4) is 0 Å². The molecule has 9 N–H and O–H groups in total. The average Bonchev–Trinajstić information content (AvgIpc) is 3.28. The van der Waals surface area contributed by atoms with Crippen LogP contribution in [-0.4, -0.2) is 82.4 Å². The van der Waals surface area contributed by atoms with E-state index in [1.807, 2.05) is 24.3 Å². The third kappa shape index (κ3) is 19.0. The normalized spacial score (nSPS) is 13.5. The maximum atomic E-state index is 14.0. The summed E-state index contributed by atoms with van der Waals surface area (Å²) >= 11 is 0. The predicted molar refractivity (Wildman–Crippen MR) is 251 cm³/mol. The molecule has 0 unspecified atom stereocenters. The molecule has 0 saturated heterocycles. The lowest BCUT2D eigenvalue weighted by Gasteiger charge is -2.24. The van der Waals surface area contributed by atoms with E-state index in [9.17, 15) is 43.9 Å². The van der Waals surface area contributed by atoms with Gasteiger partial charge in [-0.1, -0.05) is 94.3 Å². The van der Waals surface area contributed by atoms with Crippen LogP contribution in [0, 0.1) is 11.8 Å². The predicted octanol–water partition coefficient (Wildman–Crippen LogP) is 6.22. The topological polar surface area (TPSA) is 239 Å². The largest absolute Gasteiger partial charge is 0.508 e. The molecule has 14 heteroatoms. The fourth-order valence-electron chi connectivity index (χ4n) is 7.55. The molecular weight excluding hydrogens is 811 g/mol. The van der Waals surface area contributed by atoms with Gasteiger partial charge in [-0.3, -0.25) is 28.8 Å². The summed E-state index contributed by atoms with van der Waals surface area (Å²) in [6, 6.07) is 20.1. The van der Waals surface area contributed by atoms with Gasteiger partial charge < -0.3 is 37.3 Å². The van der Waals surface area contributed by atoms with Crippen molar-refractivity contribution >= 4 is 42.1 Å². The van der Waals surface area contributed by atoms with Crippen LogP contribution in [0.15, 0.2) is 72.8 Å². The first-order valence-corrected chi connectivity index (χ1v) is 23.1. The number of benzene rings is 3. The van der Waals surface area contributed by atoms with Crippen LogP contribution in [0.1, 0.15) is 132 Å². The summed E-state index contributed by atoms with van der Waals surface area (Å²) < 4.78 is 0. The quantitative estimate of drug-likeness (QED) is 0.0211. The standard InChI is InChI=1S/C50H71BN4O9/c1-4-5-11-36-16-20-38(21-17-36)39-22-24-40(25-23-39)46(58)15-10-13-43(57)33-41(12-6-8-28-52)50(62)55-45(32-37-18-26-42(56)27-19-37)47(59)30-34(2)49(61)54-44(14-7-9-29-53)48(60)31-35(3)51(63)64/h16-27,34-35,41,44-45,56,63-64H,4-15,28-33,52-53H2,1-3H3,(H,54,61)(H,55,62)/t34-,35-,41-,44+,45+/m1/s1. The molecule has 0 aliphatic rings. The minimum Gasteiger partial charge on any atom is -0.508 e. The van der Waals surface area contributed by atoms with E-state index in [0.29, 0.717) is 69.2 Å². The van der Waals surface area contributed by atoms with E-state index in [1.54, 1.807) is 19.1 Å². The number of phenols is 1. The van der Waals surface area contributed by atoms with Crippen LogP contribution in [0.4, 0.5) is 0 Å². The van der Waals surface area contributed by atoms with Gasteiger partial charge in [-0.15, -0.1) is 0 Å². The number of amides is 2. The molecule has 348 valence electrons. The van der Waals surface area contributed by atoms with Gasteiger partial charge in [0, 0.05) is 49.5 Å². The number of nitrogens with two attached hydrogens (primary N) is 2. The number of nitrogens with one attached hydrogen (secondary N) is 2. The highest BCUT2D eigenvalue weighted by Gasteiger charge is 2.32. The van der Waals surface area contributed by atoms with E-state index in [1.165, 1.54) is 24.6 Å². The Hall–Kier alpha value is -5.02. The number of unbranched alkanes of at least 4 members (excludes halogenated alkanes) is 3. The molecular formula is C50H71BN4O9. The second-order valence-corrected chi connectivity index (χ2v) is 17.3. The SMILES string of the molecule is CCCCc1ccc(-c2ccc(C(=O)CCCC(=O)C[C@@H](CCCCN)C(=O)N[C@@H](Cc3ccc(O)cc3)C(=O)C[C@@H](C)C(=O)N[C@@H](CCCCN)C(=O)C[C@@H](C)B(O)O)cc2)cc1. The summed E-state index contributed by atoms with van der Waals surface area (Å²) in [6.45, 7) is 6.04. The van der Waals surface area contributed by atoms with Crippen LogP contribution in [0.2, 0.25) is 5.82 Å². The summed E-state index contributed by atoms with van der Waals surface area (Å²) in [5.74, 6) is -4.48. The minimum atomic E-state index is -1.70. The number of carbonyl (C=O) groups is 6. The molecule has 0 radical (unpaired) electrons. The van der Waals surface area contributed by atoms with Crippen molar-refractivity contribution in [1.82, 2.24) is 10.6 Å². The van der Waals surface area contributed by atoms with Gasteiger partial charge in [0.05, 0.1) is 12.1 Å². The fraction of sp³-hybridized carbons (Fsp3) is 0.520. The number of aryl methyl sites for hydroxylation is 1. The number of hydrogen-bond acceptors (Lipinski definition) is 11. The first kappa shape index (κ1) is 53.3. The number of ketones is 4. The zero-order valence-corrected chi connectivity index (χ0v) is 38.1. The van der Waals surface area contributed by atoms with Crippen molar-refractivity contribution in [2.45, 2.75) is 141 Å². The van der Waals surface area contributed by atoms with E-state index < -0.39 is 54.5 Å². The Balaban J connectivity index is 1.66. The number of hydrogen-bond donors (Lipinski definition) is 7. The molecule has 0 aromatic heterocycles. The van der Waals surface area contributed by atoms with Gasteiger partial charge in [0.2, 0.25) is 11.8 Å². The van der Waals surface area contributed by atoms with Crippen LogP contribution in [0.25, 0.3) is 11.1 Å². The molecule has 0 fully saturated rings. The first-order chi connectivity index (χ1) is 30.6. The molecule has 0 aliphatic heterocycles. The van der Waals surface area contributed by atoms with Crippen molar-refractivity contribution in [1.29, 1.82) is 0 Å². The van der Waals surface area contributed by atoms with Crippen molar-refractivity contribution in [3.05, 3.63) is 89.5 Å². The zero-order chi connectivity index (χ0) is 47.0. The Morgan fingerprint density at radius 1 is 0.625 bits per heavy atom. The van der Waals surface area contributed by atoms with E-state index >= 15 is 0 Å². The second kappa shape index (κ2) is 28.7. The van der Waals surface area contributed by atoms with E-state index in [-0.39, 0.29) is 61.6 Å². The van der Waals surface area contributed by atoms with Crippen LogP contribution in [0.5, 0.6) is 5.75 Å². The van der Waals surface area contributed by atoms with Crippen molar-refractivity contribution in [2.75, 3.05) is 13.1 Å². The highest BCUT2D eigenvalue weighted by molar-refractivity contribution is 6.43. The van der Waals surface area contributed by atoms with Crippen LogP contribution < -0.4 is 22.1 Å². The van der Waals surface area contributed by atoms with Crippen molar-refractivity contribution in [3.8, 4) is 16.9 Å². The Bertz CT molecular complexity index is 1920. The lowest BCUT2D eigenvalue weighted by atomic mass is 9.71. The zero-order valence-electron chi connectivity index (χ0n) is 38.1. The number of Topliss-reactive ketones (excluding diaryl/α,β-unsaturated/α-hetero) is 4. The lowest BCUT2D eigenvalue weighted by molar-refractivity contribution is -0.134. The average molecular weight is 883 g/mol. The number of rotatable bonds is 32. The number of aromatic hydroxyl groups is 1. The third-order valence-electron chi connectivity index (χ3n) is 11.7. The Morgan fingerprint density at radius 2 is 1.19 bits per heavy atom. The van der Waals surface area contributed by atoms with Gasteiger partial charge in [-0.2, -0.15) is 0 Å². The second-order valence-electron chi connectivity index (χ2n) is 17.3. The van der Waals surface area contributed by atoms with Crippen molar-refractivity contribution < 1.29 is 43.9 Å². The van der Waals surface area contributed by atoms with Gasteiger partial charge in [0.15, 0.2) is 17.3 Å². The van der Waals surface area contributed by atoms with Gasteiger partial charge in [-0.05, 0) is 111 Å². The molecule has 13 nitrogen and oxygen atoms in total.